The van der Waals surface area contributed by atoms with E-state index in [1.54, 1.807) is 18.6 Å². The SMILES string of the molecule is c1ccc2c(c1)c(-c1cncc(OC3CCNCC3)n1)nn2-c1cncc(C2CC2)n1. The molecule has 2 aliphatic rings. The number of ether oxygens (including phenoxy) is 1. The number of benzene rings is 1. The lowest BCUT2D eigenvalue weighted by molar-refractivity contribution is 0.155. The van der Waals surface area contributed by atoms with Crippen LogP contribution in [0.4, 0.5) is 0 Å². The summed E-state index contributed by atoms with van der Waals surface area (Å²) in [5.41, 5.74) is 3.45. The lowest BCUT2D eigenvalue weighted by Crippen LogP contribution is -2.34. The molecule has 0 radical (unpaired) electrons. The number of nitrogens with zero attached hydrogens (tertiary/aromatic N) is 6. The van der Waals surface area contributed by atoms with Gasteiger partial charge in [0.25, 0.3) is 0 Å². The number of hydrogen-bond donors (Lipinski definition) is 1. The molecule has 0 spiro atoms. The van der Waals surface area contributed by atoms with Crippen molar-refractivity contribution in [2.45, 2.75) is 37.7 Å². The van der Waals surface area contributed by atoms with Gasteiger partial charge in [-0.25, -0.2) is 14.6 Å². The van der Waals surface area contributed by atoms with Crippen molar-refractivity contribution in [2.75, 3.05) is 13.1 Å². The summed E-state index contributed by atoms with van der Waals surface area (Å²) in [6.07, 6.45) is 11.5. The van der Waals surface area contributed by atoms with Crippen LogP contribution in [-0.2, 0) is 0 Å². The summed E-state index contributed by atoms with van der Waals surface area (Å²) < 4.78 is 7.95. The van der Waals surface area contributed by atoms with Gasteiger partial charge in [-0.1, -0.05) is 18.2 Å². The summed E-state index contributed by atoms with van der Waals surface area (Å²) in [4.78, 5) is 18.4. The van der Waals surface area contributed by atoms with Gasteiger partial charge in [-0.15, -0.1) is 0 Å². The molecular formula is C23H23N7O. The maximum Gasteiger partial charge on any atom is 0.233 e. The Bertz CT molecular complexity index is 1230. The van der Waals surface area contributed by atoms with Crippen LogP contribution in [0, 0.1) is 0 Å². The molecule has 1 aliphatic heterocycles. The number of fused-ring (bicyclic) bond motifs is 1. The quantitative estimate of drug-likeness (QED) is 0.537. The van der Waals surface area contributed by atoms with Gasteiger partial charge in [-0.3, -0.25) is 9.97 Å². The molecule has 4 heterocycles. The molecule has 8 nitrogen and oxygen atoms in total. The largest absolute Gasteiger partial charge is 0.473 e. The maximum atomic E-state index is 6.10. The van der Waals surface area contributed by atoms with Gasteiger partial charge in [0.1, 0.15) is 17.5 Å². The molecule has 0 atom stereocenters. The molecule has 1 saturated carbocycles. The molecule has 0 bridgehead atoms. The molecule has 0 amide bonds. The summed E-state index contributed by atoms with van der Waals surface area (Å²) in [6, 6.07) is 8.10. The number of nitrogens with one attached hydrogen (secondary N) is 1. The van der Waals surface area contributed by atoms with Crippen LogP contribution in [0.15, 0.2) is 49.1 Å². The van der Waals surface area contributed by atoms with E-state index in [9.17, 15) is 0 Å². The van der Waals surface area contributed by atoms with Crippen molar-refractivity contribution < 1.29 is 4.74 Å². The first-order valence-corrected chi connectivity index (χ1v) is 10.8. The van der Waals surface area contributed by atoms with Crippen LogP contribution in [0.25, 0.3) is 28.1 Å². The number of para-hydroxylation sites is 1. The highest BCUT2D eigenvalue weighted by molar-refractivity contribution is 5.93. The smallest absolute Gasteiger partial charge is 0.233 e. The molecule has 8 heteroatoms. The van der Waals surface area contributed by atoms with Gasteiger partial charge < -0.3 is 10.1 Å². The van der Waals surface area contributed by atoms with Crippen molar-refractivity contribution in [3.8, 4) is 23.1 Å². The summed E-state index contributed by atoms with van der Waals surface area (Å²) in [6.45, 7) is 1.93. The van der Waals surface area contributed by atoms with Crippen LogP contribution in [0.3, 0.4) is 0 Å². The Morgan fingerprint density at radius 3 is 2.61 bits per heavy atom. The third-order valence-corrected chi connectivity index (χ3v) is 5.87. The Kier molecular flexibility index (Phi) is 4.57. The van der Waals surface area contributed by atoms with Crippen molar-refractivity contribution in [2.24, 2.45) is 0 Å². The van der Waals surface area contributed by atoms with Crippen molar-refractivity contribution >= 4 is 10.9 Å². The van der Waals surface area contributed by atoms with Crippen LogP contribution in [0.1, 0.15) is 37.3 Å². The number of rotatable bonds is 5. The lowest BCUT2D eigenvalue weighted by atomic mass is 10.1. The fourth-order valence-corrected chi connectivity index (χ4v) is 4.08. The second-order valence-electron chi connectivity index (χ2n) is 8.16. The van der Waals surface area contributed by atoms with Crippen LogP contribution < -0.4 is 10.1 Å². The van der Waals surface area contributed by atoms with Crippen molar-refractivity contribution in [1.29, 1.82) is 0 Å². The average molecular weight is 413 g/mol. The van der Waals surface area contributed by atoms with Crippen LogP contribution in [-0.4, -0.2) is 48.9 Å². The van der Waals surface area contributed by atoms with Gasteiger partial charge in [0.2, 0.25) is 5.88 Å². The van der Waals surface area contributed by atoms with E-state index in [1.807, 2.05) is 35.1 Å². The van der Waals surface area contributed by atoms with Crippen LogP contribution >= 0.6 is 0 Å². The monoisotopic (exact) mass is 413 g/mol. The number of piperidine rings is 1. The minimum absolute atomic E-state index is 0.167. The van der Waals surface area contributed by atoms with E-state index in [0.29, 0.717) is 17.5 Å². The molecule has 4 aromatic rings. The topological polar surface area (TPSA) is 90.6 Å². The summed E-state index contributed by atoms with van der Waals surface area (Å²) in [7, 11) is 0. The van der Waals surface area contributed by atoms with Crippen molar-refractivity contribution in [1.82, 2.24) is 35.0 Å². The van der Waals surface area contributed by atoms with E-state index in [2.05, 4.69) is 15.3 Å². The van der Waals surface area contributed by atoms with Crippen LogP contribution in [0.2, 0.25) is 0 Å². The highest BCUT2D eigenvalue weighted by Gasteiger charge is 2.26. The Balaban J connectivity index is 1.40. The van der Waals surface area contributed by atoms with Gasteiger partial charge in [0, 0.05) is 17.5 Å². The molecule has 1 aliphatic carbocycles. The first-order chi connectivity index (χ1) is 15.3. The molecule has 2 fully saturated rings. The summed E-state index contributed by atoms with van der Waals surface area (Å²) >= 11 is 0. The van der Waals surface area contributed by atoms with Gasteiger partial charge in [-0.05, 0) is 44.8 Å². The van der Waals surface area contributed by atoms with Gasteiger partial charge in [-0.2, -0.15) is 5.10 Å². The van der Waals surface area contributed by atoms with E-state index in [-0.39, 0.29) is 6.10 Å². The molecule has 3 aromatic heterocycles. The number of aromatic nitrogens is 6. The molecule has 31 heavy (non-hydrogen) atoms. The first kappa shape index (κ1) is 18.4. The molecule has 156 valence electrons. The van der Waals surface area contributed by atoms with Crippen molar-refractivity contribution in [3.05, 3.63) is 54.7 Å². The molecular weight excluding hydrogens is 390 g/mol. The zero-order valence-electron chi connectivity index (χ0n) is 17.1. The standard InChI is InChI=1S/C23H23N7O/c1-2-4-20-17(3-1)23(29-30(20)21-13-25-11-18(27-21)15-5-6-15)19-12-26-14-22(28-19)31-16-7-9-24-10-8-16/h1-4,11-16,24H,5-10H2. The molecule has 1 saturated heterocycles. The average Bonchev–Trinajstić information content (AvgIpc) is 3.60. The third kappa shape index (κ3) is 3.63. The first-order valence-electron chi connectivity index (χ1n) is 10.8. The number of hydrogen-bond acceptors (Lipinski definition) is 7. The second kappa shape index (κ2) is 7.70. The van der Waals surface area contributed by atoms with E-state index in [1.165, 1.54) is 12.8 Å². The maximum absolute atomic E-state index is 6.10. The zero-order valence-corrected chi connectivity index (χ0v) is 17.1. The highest BCUT2D eigenvalue weighted by atomic mass is 16.5. The summed E-state index contributed by atoms with van der Waals surface area (Å²) in [5, 5.41) is 9.23. The molecule has 1 aromatic carbocycles. The zero-order chi connectivity index (χ0) is 20.6. The van der Waals surface area contributed by atoms with Gasteiger partial charge >= 0.3 is 0 Å². The molecule has 0 unspecified atom stereocenters. The Labute approximate surface area is 179 Å². The Morgan fingerprint density at radius 2 is 1.74 bits per heavy atom. The van der Waals surface area contributed by atoms with Crippen molar-refractivity contribution in [3.63, 3.8) is 0 Å². The fourth-order valence-electron chi connectivity index (χ4n) is 4.08. The third-order valence-electron chi connectivity index (χ3n) is 5.87. The summed E-state index contributed by atoms with van der Waals surface area (Å²) in [5.74, 6) is 1.80. The fraction of sp³-hybridized carbons (Fsp3) is 0.348. The van der Waals surface area contributed by atoms with E-state index < -0.39 is 0 Å². The normalized spacial score (nSPS) is 17.2. The van der Waals surface area contributed by atoms with E-state index in [0.717, 1.165) is 54.0 Å². The van der Waals surface area contributed by atoms with Crippen LogP contribution in [0.5, 0.6) is 5.88 Å². The van der Waals surface area contributed by atoms with E-state index in [4.69, 9.17) is 19.8 Å². The van der Waals surface area contributed by atoms with E-state index >= 15 is 0 Å². The highest BCUT2D eigenvalue weighted by Crippen LogP contribution is 2.39. The predicted octanol–water partition coefficient (Wildman–Crippen LogP) is 3.28. The minimum atomic E-state index is 0.167. The lowest BCUT2D eigenvalue weighted by Gasteiger charge is -2.23. The molecule has 1 N–H and O–H groups in total. The van der Waals surface area contributed by atoms with Gasteiger partial charge in [0.05, 0.1) is 29.8 Å². The molecule has 6 rings (SSSR count). The predicted molar refractivity (Wildman–Crippen MR) is 116 cm³/mol. The Morgan fingerprint density at radius 1 is 0.903 bits per heavy atom. The second-order valence-corrected chi connectivity index (χ2v) is 8.16. The minimum Gasteiger partial charge on any atom is -0.473 e. The Hall–Kier alpha value is -3.39. The van der Waals surface area contributed by atoms with Gasteiger partial charge in [0.15, 0.2) is 5.82 Å².